The van der Waals surface area contributed by atoms with Crippen LogP contribution in [-0.2, 0) is 9.84 Å². The van der Waals surface area contributed by atoms with Gasteiger partial charge in [-0.15, -0.1) is 0 Å². The smallest absolute Gasteiger partial charge is 0.147 e. The van der Waals surface area contributed by atoms with E-state index in [1.54, 1.807) is 12.4 Å². The van der Waals surface area contributed by atoms with E-state index in [1.165, 1.54) is 6.26 Å². The molecule has 0 amide bonds. The van der Waals surface area contributed by atoms with Crippen molar-refractivity contribution in [3.8, 4) is 0 Å². The average molecular weight is 279 g/mol. The molecule has 0 aliphatic heterocycles. The van der Waals surface area contributed by atoms with E-state index in [-0.39, 0.29) is 11.8 Å². The maximum atomic E-state index is 11.2. The first-order valence-electron chi connectivity index (χ1n) is 6.05. The Bertz CT molecular complexity index is 670. The standard InChI is InChI=1S/C13H17N3O2S/c1-14-11(5-8-19(2,17)18)10-3-4-12-13(9-10)16-7-6-15-12/h3-4,6-7,9,11,14H,5,8H2,1-2H3. The molecule has 0 spiro atoms. The van der Waals surface area contributed by atoms with Gasteiger partial charge in [0.2, 0.25) is 0 Å². The van der Waals surface area contributed by atoms with Crippen LogP contribution in [0.1, 0.15) is 18.0 Å². The van der Waals surface area contributed by atoms with Crippen LogP contribution in [0.25, 0.3) is 11.0 Å². The predicted molar refractivity (Wildman–Crippen MR) is 75.7 cm³/mol. The Hall–Kier alpha value is -1.53. The van der Waals surface area contributed by atoms with Gasteiger partial charge in [-0.05, 0) is 31.2 Å². The molecule has 0 radical (unpaired) electrons. The van der Waals surface area contributed by atoms with E-state index in [4.69, 9.17) is 0 Å². The number of fused-ring (bicyclic) bond motifs is 1. The van der Waals surface area contributed by atoms with Crippen LogP contribution in [0.2, 0.25) is 0 Å². The number of nitrogens with one attached hydrogen (secondary N) is 1. The van der Waals surface area contributed by atoms with Crippen molar-refractivity contribution in [3.63, 3.8) is 0 Å². The lowest BCUT2D eigenvalue weighted by Gasteiger charge is -2.16. The summed E-state index contributed by atoms with van der Waals surface area (Å²) in [6.07, 6.45) is 5.10. The third-order valence-corrected chi connectivity index (χ3v) is 4.00. The molecule has 1 aromatic heterocycles. The Kier molecular flexibility index (Phi) is 4.11. The highest BCUT2D eigenvalue weighted by Crippen LogP contribution is 2.20. The molecule has 0 bridgehead atoms. The molecule has 1 heterocycles. The monoisotopic (exact) mass is 279 g/mol. The summed E-state index contributed by atoms with van der Waals surface area (Å²) >= 11 is 0. The fraction of sp³-hybridized carbons (Fsp3) is 0.385. The van der Waals surface area contributed by atoms with Crippen molar-refractivity contribution < 1.29 is 8.42 Å². The molecule has 1 unspecified atom stereocenters. The first kappa shape index (κ1) is 13.9. The number of sulfone groups is 1. The first-order chi connectivity index (χ1) is 8.99. The lowest BCUT2D eigenvalue weighted by molar-refractivity contribution is 0.559. The molecular weight excluding hydrogens is 262 g/mol. The predicted octanol–water partition coefficient (Wildman–Crippen LogP) is 1.33. The van der Waals surface area contributed by atoms with Gasteiger partial charge < -0.3 is 5.32 Å². The molecule has 0 aliphatic rings. The van der Waals surface area contributed by atoms with Gasteiger partial charge in [0.05, 0.1) is 16.8 Å². The summed E-state index contributed by atoms with van der Waals surface area (Å²) in [5.41, 5.74) is 2.68. The van der Waals surface area contributed by atoms with Crippen LogP contribution >= 0.6 is 0 Å². The van der Waals surface area contributed by atoms with Crippen molar-refractivity contribution >= 4 is 20.9 Å². The zero-order chi connectivity index (χ0) is 13.9. The second kappa shape index (κ2) is 5.63. The second-order valence-electron chi connectivity index (χ2n) is 4.56. The Morgan fingerprint density at radius 3 is 2.53 bits per heavy atom. The maximum Gasteiger partial charge on any atom is 0.147 e. The third kappa shape index (κ3) is 3.71. The summed E-state index contributed by atoms with van der Waals surface area (Å²) in [5, 5.41) is 3.14. The maximum absolute atomic E-state index is 11.2. The molecule has 0 saturated heterocycles. The summed E-state index contributed by atoms with van der Waals surface area (Å²) in [6, 6.07) is 5.82. The summed E-state index contributed by atoms with van der Waals surface area (Å²) in [4.78, 5) is 8.47. The molecule has 1 aromatic carbocycles. The van der Waals surface area contributed by atoms with Gasteiger partial charge in [0.25, 0.3) is 0 Å². The molecule has 0 aliphatic carbocycles. The van der Waals surface area contributed by atoms with E-state index in [1.807, 2.05) is 25.2 Å². The molecular formula is C13H17N3O2S. The van der Waals surface area contributed by atoms with Crippen LogP contribution in [-0.4, -0.2) is 37.4 Å². The highest BCUT2D eigenvalue weighted by Gasteiger charge is 2.13. The molecule has 5 nitrogen and oxygen atoms in total. The molecule has 2 rings (SSSR count). The number of rotatable bonds is 5. The van der Waals surface area contributed by atoms with Crippen molar-refractivity contribution in [1.82, 2.24) is 15.3 Å². The van der Waals surface area contributed by atoms with Gasteiger partial charge in [-0.3, -0.25) is 9.97 Å². The van der Waals surface area contributed by atoms with E-state index in [2.05, 4.69) is 15.3 Å². The Labute approximate surface area is 113 Å². The molecule has 0 saturated carbocycles. The quantitative estimate of drug-likeness (QED) is 0.894. The van der Waals surface area contributed by atoms with Crippen molar-refractivity contribution in [2.75, 3.05) is 19.1 Å². The van der Waals surface area contributed by atoms with Crippen molar-refractivity contribution in [1.29, 1.82) is 0 Å². The van der Waals surface area contributed by atoms with Crippen LogP contribution in [0.4, 0.5) is 0 Å². The third-order valence-electron chi connectivity index (χ3n) is 3.02. The van der Waals surface area contributed by atoms with Gasteiger partial charge in [-0.25, -0.2) is 8.42 Å². The number of nitrogens with zero attached hydrogens (tertiary/aromatic N) is 2. The summed E-state index contributed by atoms with van der Waals surface area (Å²) in [7, 11) is -1.12. The van der Waals surface area contributed by atoms with Gasteiger partial charge in [-0.1, -0.05) is 6.07 Å². The largest absolute Gasteiger partial charge is 0.313 e. The Balaban J connectivity index is 2.25. The molecule has 1 N–H and O–H groups in total. The number of aromatic nitrogens is 2. The van der Waals surface area contributed by atoms with E-state index in [9.17, 15) is 8.42 Å². The minimum atomic E-state index is -2.95. The normalized spacial score (nSPS) is 13.6. The van der Waals surface area contributed by atoms with Crippen LogP contribution in [0.15, 0.2) is 30.6 Å². The highest BCUT2D eigenvalue weighted by atomic mass is 32.2. The topological polar surface area (TPSA) is 72.0 Å². The van der Waals surface area contributed by atoms with Crippen molar-refractivity contribution in [3.05, 3.63) is 36.2 Å². The van der Waals surface area contributed by atoms with Crippen LogP contribution in [0.5, 0.6) is 0 Å². The van der Waals surface area contributed by atoms with E-state index < -0.39 is 9.84 Å². The van der Waals surface area contributed by atoms with Gasteiger partial charge in [0, 0.05) is 24.7 Å². The van der Waals surface area contributed by atoms with Gasteiger partial charge in [0.15, 0.2) is 0 Å². The number of benzene rings is 1. The van der Waals surface area contributed by atoms with E-state index in [0.717, 1.165) is 16.6 Å². The average Bonchev–Trinajstić information content (AvgIpc) is 2.38. The minimum Gasteiger partial charge on any atom is -0.313 e. The van der Waals surface area contributed by atoms with Crippen molar-refractivity contribution in [2.24, 2.45) is 0 Å². The summed E-state index contributed by atoms with van der Waals surface area (Å²) < 4.78 is 22.5. The van der Waals surface area contributed by atoms with Crippen LogP contribution < -0.4 is 5.32 Å². The molecule has 0 fully saturated rings. The Morgan fingerprint density at radius 2 is 1.89 bits per heavy atom. The van der Waals surface area contributed by atoms with E-state index in [0.29, 0.717) is 6.42 Å². The van der Waals surface area contributed by atoms with Crippen LogP contribution in [0, 0.1) is 0 Å². The molecule has 1 atom stereocenters. The van der Waals surface area contributed by atoms with Crippen molar-refractivity contribution in [2.45, 2.75) is 12.5 Å². The lowest BCUT2D eigenvalue weighted by Crippen LogP contribution is -2.19. The fourth-order valence-electron chi connectivity index (χ4n) is 2.01. The number of hydrogen-bond acceptors (Lipinski definition) is 5. The molecule has 2 aromatic rings. The molecule has 19 heavy (non-hydrogen) atoms. The van der Waals surface area contributed by atoms with Crippen LogP contribution in [0.3, 0.4) is 0 Å². The SMILES string of the molecule is CNC(CCS(C)(=O)=O)c1ccc2nccnc2c1. The first-order valence-corrected chi connectivity index (χ1v) is 8.11. The molecule has 6 heteroatoms. The van der Waals surface area contributed by atoms with Gasteiger partial charge >= 0.3 is 0 Å². The molecule has 102 valence electrons. The summed E-state index contributed by atoms with van der Waals surface area (Å²) in [6.45, 7) is 0. The zero-order valence-electron chi connectivity index (χ0n) is 11.0. The van der Waals surface area contributed by atoms with Gasteiger partial charge in [-0.2, -0.15) is 0 Å². The van der Waals surface area contributed by atoms with Gasteiger partial charge in [0.1, 0.15) is 9.84 Å². The zero-order valence-corrected chi connectivity index (χ0v) is 11.8. The second-order valence-corrected chi connectivity index (χ2v) is 6.82. The summed E-state index contributed by atoms with van der Waals surface area (Å²) in [5.74, 6) is 0.164. The number of hydrogen-bond donors (Lipinski definition) is 1. The highest BCUT2D eigenvalue weighted by molar-refractivity contribution is 7.90. The lowest BCUT2D eigenvalue weighted by atomic mass is 10.0. The fourth-order valence-corrected chi connectivity index (χ4v) is 2.67. The van der Waals surface area contributed by atoms with E-state index >= 15 is 0 Å². The Morgan fingerprint density at radius 1 is 1.21 bits per heavy atom. The minimum absolute atomic E-state index is 0.00105.